The van der Waals surface area contributed by atoms with E-state index < -0.39 is 20.0 Å². The summed E-state index contributed by atoms with van der Waals surface area (Å²) in [5.41, 5.74) is 2.54. The standard InChI is InChI=1S/C23H25ClN2O4S2/c1-17(2)16-26(23-7-5-4-6-22(23)24)32(29,30)21-14-10-19(11-15-21)18-8-12-20(13-9-18)25-31(3,27)28/h4-15,17,25H,16H2,1-3H3. The van der Waals surface area contributed by atoms with Crippen molar-refractivity contribution in [3.8, 4) is 11.1 Å². The Hall–Kier alpha value is -2.55. The number of hydrogen-bond donors (Lipinski definition) is 1. The number of para-hydroxylation sites is 1. The smallest absolute Gasteiger partial charge is 0.264 e. The van der Waals surface area contributed by atoms with E-state index in [1.54, 1.807) is 72.8 Å². The van der Waals surface area contributed by atoms with Gasteiger partial charge in [0.05, 0.1) is 21.9 Å². The molecule has 0 fully saturated rings. The molecule has 32 heavy (non-hydrogen) atoms. The second-order valence-corrected chi connectivity index (χ2v) is 11.9. The SMILES string of the molecule is CC(C)CN(c1ccccc1Cl)S(=O)(=O)c1ccc(-c2ccc(NS(C)(=O)=O)cc2)cc1. The molecule has 9 heteroatoms. The summed E-state index contributed by atoms with van der Waals surface area (Å²) in [6, 6.07) is 20.3. The quantitative estimate of drug-likeness (QED) is 0.466. The molecule has 0 aliphatic rings. The van der Waals surface area contributed by atoms with Crippen LogP contribution >= 0.6 is 11.6 Å². The van der Waals surface area contributed by atoms with E-state index in [2.05, 4.69) is 4.72 Å². The van der Waals surface area contributed by atoms with Crippen LogP contribution < -0.4 is 9.03 Å². The Labute approximate surface area is 195 Å². The number of hydrogen-bond acceptors (Lipinski definition) is 4. The molecular formula is C23H25ClN2O4S2. The first-order chi connectivity index (χ1) is 15.0. The zero-order chi connectivity index (χ0) is 23.5. The third-order valence-electron chi connectivity index (χ3n) is 4.62. The minimum atomic E-state index is -3.83. The van der Waals surface area contributed by atoms with Gasteiger partial charge in [-0.05, 0) is 53.4 Å². The van der Waals surface area contributed by atoms with E-state index in [4.69, 9.17) is 11.6 Å². The molecule has 6 nitrogen and oxygen atoms in total. The number of benzene rings is 3. The molecule has 3 rings (SSSR count). The number of nitrogens with zero attached hydrogens (tertiary/aromatic N) is 1. The highest BCUT2D eigenvalue weighted by Gasteiger charge is 2.27. The molecule has 0 saturated heterocycles. The van der Waals surface area contributed by atoms with E-state index >= 15 is 0 Å². The first-order valence-corrected chi connectivity index (χ1v) is 13.6. The molecule has 0 aliphatic carbocycles. The molecule has 0 atom stereocenters. The number of nitrogens with one attached hydrogen (secondary N) is 1. The fourth-order valence-electron chi connectivity index (χ4n) is 3.20. The molecule has 0 aliphatic heterocycles. The molecule has 3 aromatic rings. The predicted molar refractivity (Wildman–Crippen MR) is 131 cm³/mol. The molecule has 0 heterocycles. The first kappa shape index (κ1) is 24.1. The van der Waals surface area contributed by atoms with E-state index in [-0.39, 0.29) is 10.8 Å². The second kappa shape index (κ2) is 9.52. The second-order valence-electron chi connectivity index (χ2n) is 7.86. The highest BCUT2D eigenvalue weighted by atomic mass is 35.5. The minimum Gasteiger partial charge on any atom is -0.284 e. The number of anilines is 2. The number of halogens is 1. The van der Waals surface area contributed by atoms with Crippen LogP contribution in [0.3, 0.4) is 0 Å². The van der Waals surface area contributed by atoms with E-state index in [1.165, 1.54) is 4.31 Å². The van der Waals surface area contributed by atoms with Crippen LogP contribution in [0, 0.1) is 5.92 Å². The summed E-state index contributed by atoms with van der Waals surface area (Å²) < 4.78 is 53.4. The molecule has 3 aromatic carbocycles. The van der Waals surface area contributed by atoms with Gasteiger partial charge < -0.3 is 0 Å². The highest BCUT2D eigenvalue weighted by Crippen LogP contribution is 2.32. The fraction of sp³-hybridized carbons (Fsp3) is 0.217. The normalized spacial score (nSPS) is 12.0. The molecule has 0 spiro atoms. The average Bonchev–Trinajstić information content (AvgIpc) is 2.72. The van der Waals surface area contributed by atoms with E-state index in [1.807, 2.05) is 13.8 Å². The zero-order valence-electron chi connectivity index (χ0n) is 18.0. The first-order valence-electron chi connectivity index (χ1n) is 9.93. The summed E-state index contributed by atoms with van der Waals surface area (Å²) in [5.74, 6) is 0.0966. The summed E-state index contributed by atoms with van der Waals surface area (Å²) in [7, 11) is -7.18. The maximum absolute atomic E-state index is 13.4. The predicted octanol–water partition coefficient (Wildman–Crippen LogP) is 5.23. The Morgan fingerprint density at radius 1 is 0.844 bits per heavy atom. The van der Waals surface area contributed by atoms with Gasteiger partial charge in [-0.15, -0.1) is 0 Å². The van der Waals surface area contributed by atoms with Crippen molar-refractivity contribution < 1.29 is 16.8 Å². The monoisotopic (exact) mass is 492 g/mol. The van der Waals surface area contributed by atoms with Crippen molar-refractivity contribution in [2.75, 3.05) is 21.8 Å². The van der Waals surface area contributed by atoms with Gasteiger partial charge >= 0.3 is 0 Å². The Balaban J connectivity index is 1.91. The van der Waals surface area contributed by atoms with Crippen LogP contribution in [0.5, 0.6) is 0 Å². The largest absolute Gasteiger partial charge is 0.284 e. The van der Waals surface area contributed by atoms with Gasteiger partial charge in [-0.25, -0.2) is 16.8 Å². The van der Waals surface area contributed by atoms with Crippen molar-refractivity contribution in [3.05, 3.63) is 77.8 Å². The van der Waals surface area contributed by atoms with Crippen LogP contribution in [-0.2, 0) is 20.0 Å². The van der Waals surface area contributed by atoms with Crippen molar-refractivity contribution >= 4 is 43.0 Å². The highest BCUT2D eigenvalue weighted by molar-refractivity contribution is 7.93. The van der Waals surface area contributed by atoms with Crippen molar-refractivity contribution in [2.24, 2.45) is 5.92 Å². The summed E-state index contributed by atoms with van der Waals surface area (Å²) in [4.78, 5) is 0.164. The van der Waals surface area contributed by atoms with Gasteiger partial charge in [0.2, 0.25) is 10.0 Å². The lowest BCUT2D eigenvalue weighted by atomic mass is 10.1. The number of rotatable bonds is 8. The maximum Gasteiger partial charge on any atom is 0.264 e. The molecular weight excluding hydrogens is 468 g/mol. The van der Waals surface area contributed by atoms with Crippen LogP contribution in [0.25, 0.3) is 11.1 Å². The Morgan fingerprint density at radius 3 is 1.88 bits per heavy atom. The van der Waals surface area contributed by atoms with Crippen molar-refractivity contribution in [1.29, 1.82) is 0 Å². The molecule has 0 amide bonds. The van der Waals surface area contributed by atoms with Crippen LogP contribution in [0.2, 0.25) is 5.02 Å². The Morgan fingerprint density at radius 2 is 1.38 bits per heavy atom. The fourth-order valence-corrected chi connectivity index (χ4v) is 5.70. The summed E-state index contributed by atoms with van der Waals surface area (Å²) in [6.07, 6.45) is 1.09. The summed E-state index contributed by atoms with van der Waals surface area (Å²) >= 11 is 6.31. The van der Waals surface area contributed by atoms with Crippen LogP contribution in [0.15, 0.2) is 77.7 Å². The molecule has 170 valence electrons. The van der Waals surface area contributed by atoms with Gasteiger partial charge in [0, 0.05) is 12.2 Å². The van der Waals surface area contributed by atoms with Gasteiger partial charge in [-0.3, -0.25) is 9.03 Å². The Kier molecular flexibility index (Phi) is 7.17. The third kappa shape index (κ3) is 5.82. The zero-order valence-corrected chi connectivity index (χ0v) is 20.4. The molecule has 0 bridgehead atoms. The van der Waals surface area contributed by atoms with Gasteiger partial charge in [0.15, 0.2) is 0 Å². The average molecular weight is 493 g/mol. The van der Waals surface area contributed by atoms with Gasteiger partial charge in [0.1, 0.15) is 0 Å². The lowest BCUT2D eigenvalue weighted by Gasteiger charge is -2.27. The van der Waals surface area contributed by atoms with Gasteiger partial charge in [-0.1, -0.05) is 61.8 Å². The molecule has 1 N–H and O–H groups in total. The number of sulfonamides is 2. The minimum absolute atomic E-state index is 0.0966. The molecule has 0 aromatic heterocycles. The lowest BCUT2D eigenvalue weighted by Crippen LogP contribution is -2.34. The van der Waals surface area contributed by atoms with Crippen molar-refractivity contribution in [3.63, 3.8) is 0 Å². The van der Waals surface area contributed by atoms with Crippen LogP contribution in [0.1, 0.15) is 13.8 Å². The topological polar surface area (TPSA) is 83.6 Å². The van der Waals surface area contributed by atoms with Crippen LogP contribution in [0.4, 0.5) is 11.4 Å². The van der Waals surface area contributed by atoms with Gasteiger partial charge in [-0.2, -0.15) is 0 Å². The van der Waals surface area contributed by atoms with Crippen molar-refractivity contribution in [2.45, 2.75) is 18.7 Å². The molecule has 0 radical (unpaired) electrons. The summed E-state index contributed by atoms with van der Waals surface area (Å²) in [6.45, 7) is 4.19. The van der Waals surface area contributed by atoms with E-state index in [0.717, 1.165) is 17.4 Å². The Bertz CT molecular complexity index is 1290. The molecule has 0 saturated carbocycles. The van der Waals surface area contributed by atoms with E-state index in [9.17, 15) is 16.8 Å². The maximum atomic E-state index is 13.4. The van der Waals surface area contributed by atoms with E-state index in [0.29, 0.717) is 22.9 Å². The van der Waals surface area contributed by atoms with Crippen LogP contribution in [-0.4, -0.2) is 29.6 Å². The van der Waals surface area contributed by atoms with Gasteiger partial charge in [0.25, 0.3) is 10.0 Å². The summed E-state index contributed by atoms with van der Waals surface area (Å²) in [5, 5.41) is 0.371. The van der Waals surface area contributed by atoms with Crippen molar-refractivity contribution in [1.82, 2.24) is 0 Å². The molecule has 0 unspecified atom stereocenters. The lowest BCUT2D eigenvalue weighted by molar-refractivity contribution is 0.578. The third-order valence-corrected chi connectivity index (χ3v) is 7.34.